The van der Waals surface area contributed by atoms with E-state index in [1.165, 1.54) is 6.42 Å². The first-order chi connectivity index (χ1) is 24.5. The van der Waals surface area contributed by atoms with Crippen LogP contribution in [-0.4, -0.2) is 91.1 Å². The molecule has 3 saturated carbocycles. The Morgan fingerprint density at radius 2 is 1.85 bits per heavy atom. The van der Waals surface area contributed by atoms with Crippen molar-refractivity contribution in [3.05, 3.63) is 47.5 Å². The Hall–Kier alpha value is -3.71. The fourth-order valence-corrected chi connectivity index (χ4v) is 8.95. The van der Waals surface area contributed by atoms with Gasteiger partial charge in [0.15, 0.2) is 0 Å². The second-order valence-electron chi connectivity index (χ2n) is 16.5. The molecule has 6 rings (SSSR count). The maximum Gasteiger partial charge on any atom is 0.252 e. The van der Waals surface area contributed by atoms with Gasteiger partial charge in [0.1, 0.15) is 23.9 Å². The summed E-state index contributed by atoms with van der Waals surface area (Å²) in [5, 5.41) is 28.9. The summed E-state index contributed by atoms with van der Waals surface area (Å²) in [7, 11) is 5.32. The summed E-state index contributed by atoms with van der Waals surface area (Å²) in [5.41, 5.74) is 9.13. The van der Waals surface area contributed by atoms with E-state index in [-0.39, 0.29) is 36.4 Å². The fourth-order valence-electron chi connectivity index (χ4n) is 8.95. The van der Waals surface area contributed by atoms with Gasteiger partial charge in [-0.3, -0.25) is 19.2 Å². The third-order valence-electron chi connectivity index (χ3n) is 12.1. The Labute approximate surface area is 308 Å². The molecule has 3 amide bonds. The zero-order valence-electron chi connectivity index (χ0n) is 32.2. The number of amides is 3. The molecule has 6 N–H and O–H groups in total. The van der Waals surface area contributed by atoms with Crippen molar-refractivity contribution in [1.82, 2.24) is 15.7 Å². The van der Waals surface area contributed by atoms with E-state index in [4.69, 9.17) is 15.3 Å². The highest BCUT2D eigenvalue weighted by atomic mass is 16.7. The van der Waals surface area contributed by atoms with Crippen LogP contribution < -0.4 is 26.0 Å². The Morgan fingerprint density at radius 1 is 1.13 bits per heavy atom. The molecule has 12 heteroatoms. The van der Waals surface area contributed by atoms with Crippen LogP contribution in [0.3, 0.4) is 0 Å². The van der Waals surface area contributed by atoms with Crippen molar-refractivity contribution < 1.29 is 34.2 Å². The van der Waals surface area contributed by atoms with Crippen LogP contribution in [0.4, 0.5) is 5.69 Å². The van der Waals surface area contributed by atoms with Crippen molar-refractivity contribution in [1.29, 1.82) is 0 Å². The molecule has 0 radical (unpaired) electrons. The highest BCUT2D eigenvalue weighted by Crippen LogP contribution is 2.61. The molecule has 1 heterocycles. The molecule has 1 aliphatic heterocycles. The average molecular weight is 722 g/mol. The number of fused-ring (bicyclic) bond motifs is 2. The number of ether oxygens (including phenoxy) is 1. The number of methoxy groups -OCH3 is 1. The lowest BCUT2D eigenvalue weighted by molar-refractivity contribution is -0.183. The molecule has 0 aromatic heterocycles. The normalized spacial score (nSPS) is 27.7. The van der Waals surface area contributed by atoms with E-state index >= 15 is 0 Å². The molecule has 286 valence electrons. The van der Waals surface area contributed by atoms with Gasteiger partial charge in [0.05, 0.1) is 26.4 Å². The molecule has 3 aliphatic carbocycles. The predicted octanol–water partition coefficient (Wildman–Crippen LogP) is 3.72. The Bertz CT molecular complexity index is 1630. The summed E-state index contributed by atoms with van der Waals surface area (Å²) in [6, 6.07) is 9.46. The maximum absolute atomic E-state index is 14.2. The van der Waals surface area contributed by atoms with E-state index in [1.807, 2.05) is 57.1 Å². The van der Waals surface area contributed by atoms with Crippen LogP contribution in [-0.2, 0) is 21.0 Å². The molecule has 4 fully saturated rings. The first kappa shape index (κ1) is 39.5. The van der Waals surface area contributed by atoms with Crippen molar-refractivity contribution in [2.75, 3.05) is 32.7 Å². The van der Waals surface area contributed by atoms with Crippen molar-refractivity contribution in [2.45, 2.75) is 97.7 Å². The first-order valence-corrected chi connectivity index (χ1v) is 18.6. The molecule has 52 heavy (non-hydrogen) atoms. The van der Waals surface area contributed by atoms with Crippen LogP contribution in [0.15, 0.2) is 36.4 Å². The zero-order valence-corrected chi connectivity index (χ0v) is 32.2. The van der Waals surface area contributed by atoms with Gasteiger partial charge in [-0.05, 0) is 79.0 Å². The van der Waals surface area contributed by atoms with Gasteiger partial charge in [0.25, 0.3) is 5.91 Å². The maximum atomic E-state index is 14.2. The van der Waals surface area contributed by atoms with E-state index in [2.05, 4.69) is 31.4 Å². The highest BCUT2D eigenvalue weighted by Gasteiger charge is 2.57. The number of rotatable bonds is 14. The van der Waals surface area contributed by atoms with Gasteiger partial charge in [0.2, 0.25) is 11.8 Å². The van der Waals surface area contributed by atoms with Crippen molar-refractivity contribution in [2.24, 2.45) is 40.7 Å². The number of carbonyl (C=O) groups is 3. The lowest BCUT2D eigenvalue weighted by atomic mass is 9.45. The summed E-state index contributed by atoms with van der Waals surface area (Å²) < 4.78 is 6.02. The molecule has 2 bridgehead atoms. The lowest BCUT2D eigenvalue weighted by Crippen LogP contribution is -2.62. The highest BCUT2D eigenvalue weighted by molar-refractivity contribution is 5.99. The first-order valence-electron chi connectivity index (χ1n) is 18.6. The van der Waals surface area contributed by atoms with E-state index in [1.54, 1.807) is 31.2 Å². The second kappa shape index (κ2) is 15.7. The minimum Gasteiger partial charge on any atom is -0.496 e. The second-order valence-corrected chi connectivity index (χ2v) is 16.5. The lowest BCUT2D eigenvalue weighted by Gasteiger charge is -2.62. The molecule has 12 nitrogen and oxygen atoms in total. The third-order valence-corrected chi connectivity index (χ3v) is 12.1. The number of hydrogen-bond donors (Lipinski definition) is 5. The van der Waals surface area contributed by atoms with Gasteiger partial charge in [0, 0.05) is 48.4 Å². The largest absolute Gasteiger partial charge is 0.496 e. The van der Waals surface area contributed by atoms with Crippen molar-refractivity contribution in [3.63, 3.8) is 0 Å². The number of para-hydroxylation sites is 1. The monoisotopic (exact) mass is 721 g/mol. The van der Waals surface area contributed by atoms with E-state index < -0.39 is 42.0 Å². The average Bonchev–Trinajstić information content (AvgIpc) is 3.46. The quantitative estimate of drug-likeness (QED) is 0.196. The Balaban J connectivity index is 1.46. The predicted molar refractivity (Wildman–Crippen MR) is 200 cm³/mol. The number of hydrogen-bond acceptors (Lipinski definition) is 9. The molecule has 1 saturated heterocycles. The number of anilines is 1. The summed E-state index contributed by atoms with van der Waals surface area (Å²) in [6.45, 7) is 12.2. The smallest absolute Gasteiger partial charge is 0.252 e. The molecule has 2 aromatic rings. The van der Waals surface area contributed by atoms with Gasteiger partial charge < -0.3 is 36.2 Å². The molecule has 9 atom stereocenters. The summed E-state index contributed by atoms with van der Waals surface area (Å²) >= 11 is 0. The van der Waals surface area contributed by atoms with Crippen LogP contribution in [0.2, 0.25) is 0 Å². The van der Waals surface area contributed by atoms with E-state index in [0.29, 0.717) is 52.2 Å². The minimum absolute atomic E-state index is 0.0193. The number of benzene rings is 2. The molecular formula is C40H59N5O7. The fraction of sp³-hybridized carbons (Fsp3) is 0.625. The van der Waals surface area contributed by atoms with Crippen molar-refractivity contribution >= 4 is 23.4 Å². The van der Waals surface area contributed by atoms with Crippen LogP contribution in [0.1, 0.15) is 76.7 Å². The topological polar surface area (TPSA) is 167 Å². The zero-order chi connectivity index (χ0) is 38.2. The van der Waals surface area contributed by atoms with Gasteiger partial charge in [-0.15, -0.1) is 0 Å². The summed E-state index contributed by atoms with van der Waals surface area (Å²) in [5.74, 6) is 0.180. The summed E-state index contributed by atoms with van der Waals surface area (Å²) in [4.78, 5) is 48.0. The van der Waals surface area contributed by atoms with E-state index in [0.717, 1.165) is 12.1 Å². The number of nitrogens with zero attached hydrogens (tertiary/aromatic N) is 2. The molecule has 4 aliphatic rings. The number of aliphatic hydroxyl groups is 2. The summed E-state index contributed by atoms with van der Waals surface area (Å²) in [6.07, 6.45) is 0.818. The van der Waals surface area contributed by atoms with Gasteiger partial charge in [-0.1, -0.05) is 52.8 Å². The number of nitrogens with two attached hydrogens (primary N) is 1. The van der Waals surface area contributed by atoms with Gasteiger partial charge in [-0.25, -0.2) is 0 Å². The van der Waals surface area contributed by atoms with Gasteiger partial charge >= 0.3 is 0 Å². The van der Waals surface area contributed by atoms with Crippen LogP contribution in [0.5, 0.6) is 5.75 Å². The SMILES string of the molecule is COc1c(CN2O[C@@H](CO)[C@H]([C@H](C)O)[C@H]2C(=O)N[C@H]2C[C@H]3C[C@@H]([C@@H]2C)C3(C)C)cccc1-c1cc(C(=O)NC(CC(C)C)C(N)=O)cc(N(C)C)c1. The Kier molecular flexibility index (Phi) is 11.9. The minimum atomic E-state index is -0.921. The molecular weight excluding hydrogens is 662 g/mol. The van der Waals surface area contributed by atoms with Crippen molar-refractivity contribution in [3.8, 4) is 16.9 Å². The number of aliphatic hydroxyl groups excluding tert-OH is 2. The number of nitrogens with one attached hydrogen (secondary N) is 2. The van der Waals surface area contributed by atoms with E-state index in [9.17, 15) is 24.6 Å². The van der Waals surface area contributed by atoms with Crippen LogP contribution in [0.25, 0.3) is 11.1 Å². The van der Waals surface area contributed by atoms with Gasteiger partial charge in [-0.2, -0.15) is 5.06 Å². The number of primary amides is 1. The third kappa shape index (κ3) is 7.81. The Morgan fingerprint density at radius 3 is 2.40 bits per heavy atom. The standard InChI is InChI=1S/C40H59N5O7/c1-21(2)13-32(37(41)48)43-38(49)26-14-25(15-28(16-26)44(7)8)29-12-10-11-24(36(29)51-9)19-45-35(34(23(4)47)33(20-46)52-45)39(50)42-31-18-27-17-30(22(31)3)40(27,5)6/h10-12,14-16,21-23,27,30-35,46-47H,13,17-20H2,1-9H3,(H2,41,48)(H,42,50)(H,43,49)/t22-,23-,27+,30-,31-,32?,33-,34-,35-/m0/s1. The molecule has 1 unspecified atom stereocenters. The molecule has 2 aromatic carbocycles. The molecule has 0 spiro atoms. The van der Waals surface area contributed by atoms with Crippen LogP contribution >= 0.6 is 0 Å². The number of hydroxylamine groups is 2. The van der Waals surface area contributed by atoms with Crippen LogP contribution in [0, 0.1) is 35.0 Å². The number of carbonyl (C=O) groups excluding carboxylic acids is 3.